The Morgan fingerprint density at radius 3 is 2.43 bits per heavy atom. The Bertz CT molecular complexity index is 487. The SMILES string of the molecule is CCC(C)CN1C(=O)CNC1c1ccc(C(C)(C)C)cc1. The van der Waals surface area contributed by atoms with Crippen LogP contribution in [0.25, 0.3) is 0 Å². The summed E-state index contributed by atoms with van der Waals surface area (Å²) in [4.78, 5) is 14.1. The first-order chi connectivity index (χ1) is 9.82. The molecule has 21 heavy (non-hydrogen) atoms. The van der Waals surface area contributed by atoms with Crippen LogP contribution in [0.3, 0.4) is 0 Å². The second-order valence-corrected chi connectivity index (χ2v) is 7.21. The van der Waals surface area contributed by atoms with Crippen molar-refractivity contribution in [2.24, 2.45) is 5.92 Å². The van der Waals surface area contributed by atoms with Crippen molar-refractivity contribution in [3.8, 4) is 0 Å². The van der Waals surface area contributed by atoms with Crippen LogP contribution in [0, 0.1) is 5.92 Å². The summed E-state index contributed by atoms with van der Waals surface area (Å²) in [6.45, 7) is 12.3. The second kappa shape index (κ2) is 6.18. The Labute approximate surface area is 128 Å². The molecule has 3 nitrogen and oxygen atoms in total. The third kappa shape index (κ3) is 3.65. The van der Waals surface area contributed by atoms with Crippen molar-refractivity contribution in [1.82, 2.24) is 10.2 Å². The number of carbonyl (C=O) groups is 1. The average Bonchev–Trinajstić information content (AvgIpc) is 2.79. The number of nitrogens with zero attached hydrogens (tertiary/aromatic N) is 1. The first-order valence-electron chi connectivity index (χ1n) is 7.96. The lowest BCUT2D eigenvalue weighted by molar-refractivity contribution is -0.128. The van der Waals surface area contributed by atoms with Gasteiger partial charge in [-0.15, -0.1) is 0 Å². The average molecular weight is 288 g/mol. The molecule has 1 amide bonds. The molecule has 116 valence electrons. The lowest BCUT2D eigenvalue weighted by Gasteiger charge is -2.28. The van der Waals surface area contributed by atoms with Crippen LogP contribution in [0.15, 0.2) is 24.3 Å². The molecule has 3 heteroatoms. The molecule has 0 bridgehead atoms. The van der Waals surface area contributed by atoms with Crippen molar-refractivity contribution in [3.63, 3.8) is 0 Å². The van der Waals surface area contributed by atoms with Gasteiger partial charge in [0.25, 0.3) is 0 Å². The van der Waals surface area contributed by atoms with Crippen molar-refractivity contribution in [3.05, 3.63) is 35.4 Å². The first-order valence-corrected chi connectivity index (χ1v) is 7.96. The molecule has 0 aliphatic carbocycles. The number of amides is 1. The molecule has 2 rings (SSSR count). The zero-order valence-corrected chi connectivity index (χ0v) is 13.9. The normalized spacial score (nSPS) is 20.9. The fraction of sp³-hybridized carbons (Fsp3) is 0.611. The van der Waals surface area contributed by atoms with E-state index in [1.54, 1.807) is 0 Å². The molecule has 2 unspecified atom stereocenters. The molecule has 1 saturated heterocycles. The van der Waals surface area contributed by atoms with Crippen LogP contribution in [0.5, 0.6) is 0 Å². The van der Waals surface area contributed by atoms with E-state index in [4.69, 9.17) is 0 Å². The summed E-state index contributed by atoms with van der Waals surface area (Å²) >= 11 is 0. The molecule has 1 N–H and O–H groups in total. The van der Waals surface area contributed by atoms with E-state index in [2.05, 4.69) is 64.2 Å². The molecular weight excluding hydrogens is 260 g/mol. The molecular formula is C18H28N2O. The third-order valence-electron chi connectivity index (χ3n) is 4.38. The summed E-state index contributed by atoms with van der Waals surface area (Å²) in [5.74, 6) is 0.741. The highest BCUT2D eigenvalue weighted by Crippen LogP contribution is 2.27. The fourth-order valence-electron chi connectivity index (χ4n) is 2.68. The summed E-state index contributed by atoms with van der Waals surface area (Å²) in [5.41, 5.74) is 2.66. The number of hydrogen-bond acceptors (Lipinski definition) is 2. The highest BCUT2D eigenvalue weighted by atomic mass is 16.2. The van der Waals surface area contributed by atoms with Gasteiger partial charge in [0.1, 0.15) is 6.17 Å². The first kappa shape index (κ1) is 16.0. The number of hydrogen-bond donors (Lipinski definition) is 1. The van der Waals surface area contributed by atoms with Gasteiger partial charge in [0.15, 0.2) is 0 Å². The van der Waals surface area contributed by atoms with Crippen LogP contribution in [0.2, 0.25) is 0 Å². The van der Waals surface area contributed by atoms with Crippen LogP contribution in [0.1, 0.15) is 58.3 Å². The molecule has 1 aliphatic heterocycles. The van der Waals surface area contributed by atoms with Crippen molar-refractivity contribution in [2.75, 3.05) is 13.1 Å². The van der Waals surface area contributed by atoms with Crippen molar-refractivity contribution < 1.29 is 4.79 Å². The summed E-state index contributed by atoms with van der Waals surface area (Å²) in [6.07, 6.45) is 1.12. The molecule has 1 heterocycles. The smallest absolute Gasteiger partial charge is 0.238 e. The maximum absolute atomic E-state index is 12.1. The van der Waals surface area contributed by atoms with E-state index in [0.29, 0.717) is 12.5 Å². The largest absolute Gasteiger partial charge is 0.322 e. The van der Waals surface area contributed by atoms with E-state index < -0.39 is 0 Å². The maximum atomic E-state index is 12.1. The maximum Gasteiger partial charge on any atom is 0.238 e. The molecule has 1 fully saturated rings. The van der Waals surface area contributed by atoms with Gasteiger partial charge in [-0.1, -0.05) is 65.3 Å². The second-order valence-electron chi connectivity index (χ2n) is 7.21. The summed E-state index contributed by atoms with van der Waals surface area (Å²) in [5, 5.41) is 3.34. The number of benzene rings is 1. The molecule has 1 aromatic carbocycles. The van der Waals surface area contributed by atoms with Crippen LogP contribution < -0.4 is 5.32 Å². The standard InChI is InChI=1S/C18H28N2O/c1-6-13(2)12-20-16(21)11-19-17(20)14-7-9-15(10-8-14)18(3,4)5/h7-10,13,17,19H,6,11-12H2,1-5H3. The van der Waals surface area contributed by atoms with E-state index in [1.165, 1.54) is 11.1 Å². The van der Waals surface area contributed by atoms with Crippen LogP contribution >= 0.6 is 0 Å². The van der Waals surface area contributed by atoms with Crippen LogP contribution in [0.4, 0.5) is 0 Å². The summed E-state index contributed by atoms with van der Waals surface area (Å²) < 4.78 is 0. The minimum atomic E-state index is 0.0283. The molecule has 1 aliphatic rings. The Balaban J connectivity index is 2.18. The van der Waals surface area contributed by atoms with Crippen LogP contribution in [-0.2, 0) is 10.2 Å². The van der Waals surface area contributed by atoms with Crippen LogP contribution in [-0.4, -0.2) is 23.9 Å². The highest BCUT2D eigenvalue weighted by molar-refractivity contribution is 5.81. The topological polar surface area (TPSA) is 32.3 Å². The summed E-state index contributed by atoms with van der Waals surface area (Å²) in [6, 6.07) is 8.67. The lowest BCUT2D eigenvalue weighted by atomic mass is 9.86. The molecule has 0 saturated carbocycles. The zero-order chi connectivity index (χ0) is 15.6. The van der Waals surface area contributed by atoms with Crippen molar-refractivity contribution in [2.45, 2.75) is 52.6 Å². The van der Waals surface area contributed by atoms with Gasteiger partial charge in [0.05, 0.1) is 6.54 Å². The number of carbonyl (C=O) groups excluding carboxylic acids is 1. The molecule has 1 aromatic rings. The highest BCUT2D eigenvalue weighted by Gasteiger charge is 2.32. The van der Waals surface area contributed by atoms with E-state index in [-0.39, 0.29) is 17.5 Å². The molecule has 0 spiro atoms. The third-order valence-corrected chi connectivity index (χ3v) is 4.38. The van der Waals surface area contributed by atoms with E-state index in [9.17, 15) is 4.79 Å². The van der Waals surface area contributed by atoms with Gasteiger partial charge in [-0.2, -0.15) is 0 Å². The molecule has 0 aromatic heterocycles. The van der Waals surface area contributed by atoms with Gasteiger partial charge < -0.3 is 4.90 Å². The minimum absolute atomic E-state index is 0.0283. The Kier molecular flexibility index (Phi) is 4.72. The van der Waals surface area contributed by atoms with Crippen molar-refractivity contribution in [1.29, 1.82) is 0 Å². The van der Waals surface area contributed by atoms with Gasteiger partial charge in [0, 0.05) is 6.54 Å². The predicted molar refractivity (Wildman–Crippen MR) is 87.1 cm³/mol. The van der Waals surface area contributed by atoms with E-state index in [0.717, 1.165) is 13.0 Å². The van der Waals surface area contributed by atoms with Gasteiger partial charge >= 0.3 is 0 Å². The quantitative estimate of drug-likeness (QED) is 0.920. The minimum Gasteiger partial charge on any atom is -0.322 e. The van der Waals surface area contributed by atoms with Gasteiger partial charge in [-0.3, -0.25) is 10.1 Å². The predicted octanol–water partition coefficient (Wildman–Crippen LogP) is 3.46. The van der Waals surface area contributed by atoms with Gasteiger partial charge in [-0.05, 0) is 22.5 Å². The van der Waals surface area contributed by atoms with E-state index >= 15 is 0 Å². The summed E-state index contributed by atoms with van der Waals surface area (Å²) in [7, 11) is 0. The molecule has 2 atom stereocenters. The van der Waals surface area contributed by atoms with Crippen molar-refractivity contribution >= 4 is 5.91 Å². The zero-order valence-electron chi connectivity index (χ0n) is 13.9. The van der Waals surface area contributed by atoms with Gasteiger partial charge in [-0.25, -0.2) is 0 Å². The molecule has 0 radical (unpaired) electrons. The monoisotopic (exact) mass is 288 g/mol. The Hall–Kier alpha value is -1.35. The Morgan fingerprint density at radius 2 is 1.90 bits per heavy atom. The number of nitrogens with one attached hydrogen (secondary N) is 1. The van der Waals surface area contributed by atoms with E-state index in [1.807, 2.05) is 4.90 Å². The number of rotatable bonds is 4. The fourth-order valence-corrected chi connectivity index (χ4v) is 2.68. The lowest BCUT2D eigenvalue weighted by Crippen LogP contribution is -2.34. The Morgan fingerprint density at radius 1 is 1.29 bits per heavy atom. The van der Waals surface area contributed by atoms with Gasteiger partial charge in [0.2, 0.25) is 5.91 Å².